The van der Waals surface area contributed by atoms with Crippen LogP contribution in [0.1, 0.15) is 11.1 Å². The molecule has 3 nitrogen and oxygen atoms in total. The molecule has 1 heterocycles. The molecular weight excluding hydrogens is 294 g/mol. The number of hydrogen-bond donors (Lipinski definition) is 1. The van der Waals surface area contributed by atoms with Gasteiger partial charge in [0.15, 0.2) is 0 Å². The third-order valence-corrected chi connectivity index (χ3v) is 5.63. The van der Waals surface area contributed by atoms with Gasteiger partial charge in [-0.3, -0.25) is 0 Å². The van der Waals surface area contributed by atoms with Gasteiger partial charge >= 0.3 is 0 Å². The van der Waals surface area contributed by atoms with Crippen molar-refractivity contribution in [3.8, 4) is 11.1 Å². The van der Waals surface area contributed by atoms with Crippen LogP contribution in [0.2, 0.25) is 0 Å². The Morgan fingerprint density at radius 2 is 1.50 bits per heavy atom. The number of aromatic nitrogens is 1. The highest BCUT2D eigenvalue weighted by molar-refractivity contribution is 7.91. The highest BCUT2D eigenvalue weighted by Gasteiger charge is 2.23. The molecule has 3 rings (SSSR count). The molecule has 2 aromatic carbocycles. The van der Waals surface area contributed by atoms with Crippen LogP contribution >= 0.6 is 0 Å². The molecule has 1 N–H and O–H groups in total. The average Bonchev–Trinajstić information content (AvgIpc) is 2.91. The van der Waals surface area contributed by atoms with Crippen LogP contribution in [0.3, 0.4) is 0 Å². The second-order valence-corrected chi connectivity index (χ2v) is 7.23. The summed E-state index contributed by atoms with van der Waals surface area (Å²) in [5.74, 6) is 0. The predicted octanol–water partition coefficient (Wildman–Crippen LogP) is 4.13. The molecule has 0 atom stereocenters. The van der Waals surface area contributed by atoms with Crippen molar-refractivity contribution >= 4 is 9.84 Å². The molecule has 0 aliphatic carbocycles. The van der Waals surface area contributed by atoms with Gasteiger partial charge < -0.3 is 4.98 Å². The van der Waals surface area contributed by atoms with Crippen LogP contribution < -0.4 is 0 Å². The first-order chi connectivity index (χ1) is 10.5. The highest BCUT2D eigenvalue weighted by atomic mass is 32.2. The third-order valence-electron chi connectivity index (χ3n) is 3.78. The van der Waals surface area contributed by atoms with E-state index in [1.54, 1.807) is 18.3 Å². The molecule has 0 saturated carbocycles. The summed E-state index contributed by atoms with van der Waals surface area (Å²) in [6.07, 6.45) is 1.76. The number of rotatable bonds is 3. The lowest BCUT2D eigenvalue weighted by atomic mass is 10.1. The summed E-state index contributed by atoms with van der Waals surface area (Å²) in [7, 11) is -3.53. The third kappa shape index (κ3) is 2.46. The first-order valence-electron chi connectivity index (χ1n) is 7.05. The van der Waals surface area contributed by atoms with E-state index in [1.165, 1.54) is 0 Å². The Labute approximate surface area is 130 Å². The van der Waals surface area contributed by atoms with Crippen LogP contribution in [0, 0.1) is 13.8 Å². The van der Waals surface area contributed by atoms with Crippen molar-refractivity contribution in [2.75, 3.05) is 0 Å². The quantitative estimate of drug-likeness (QED) is 0.790. The molecule has 112 valence electrons. The van der Waals surface area contributed by atoms with Crippen LogP contribution in [-0.4, -0.2) is 13.4 Å². The lowest BCUT2D eigenvalue weighted by molar-refractivity contribution is 0.592. The summed E-state index contributed by atoms with van der Waals surface area (Å²) in [6, 6.07) is 16.7. The molecule has 0 bridgehead atoms. The predicted molar refractivity (Wildman–Crippen MR) is 87.6 cm³/mol. The van der Waals surface area contributed by atoms with Gasteiger partial charge in [-0.05, 0) is 37.1 Å². The van der Waals surface area contributed by atoms with Gasteiger partial charge in [0.1, 0.15) is 5.03 Å². The van der Waals surface area contributed by atoms with E-state index in [4.69, 9.17) is 0 Å². The van der Waals surface area contributed by atoms with Gasteiger partial charge in [-0.25, -0.2) is 8.42 Å². The molecule has 0 fully saturated rings. The molecule has 0 saturated heterocycles. The monoisotopic (exact) mass is 311 g/mol. The van der Waals surface area contributed by atoms with Crippen molar-refractivity contribution in [2.24, 2.45) is 0 Å². The van der Waals surface area contributed by atoms with Crippen molar-refractivity contribution in [1.82, 2.24) is 4.98 Å². The molecule has 4 heteroatoms. The summed E-state index contributed by atoms with van der Waals surface area (Å²) in [5.41, 5.74) is 3.69. The molecule has 0 unspecified atom stereocenters. The minimum atomic E-state index is -3.53. The fourth-order valence-electron chi connectivity index (χ4n) is 2.51. The van der Waals surface area contributed by atoms with Crippen LogP contribution in [-0.2, 0) is 9.84 Å². The molecule has 0 spiro atoms. The Bertz CT molecular complexity index is 892. The van der Waals surface area contributed by atoms with Gasteiger partial charge in [-0.15, -0.1) is 0 Å². The van der Waals surface area contributed by atoms with E-state index in [-0.39, 0.29) is 5.03 Å². The summed E-state index contributed by atoms with van der Waals surface area (Å²) < 4.78 is 25.6. The molecule has 3 aromatic rings. The van der Waals surface area contributed by atoms with E-state index in [2.05, 4.69) is 4.98 Å². The number of nitrogens with one attached hydrogen (secondary N) is 1. The molecule has 0 radical (unpaired) electrons. The van der Waals surface area contributed by atoms with Crippen molar-refractivity contribution in [1.29, 1.82) is 0 Å². The first kappa shape index (κ1) is 14.6. The van der Waals surface area contributed by atoms with Crippen LogP contribution in [0.15, 0.2) is 70.7 Å². The summed E-state index contributed by atoms with van der Waals surface area (Å²) in [5, 5.41) is 0.259. The Morgan fingerprint density at radius 1 is 0.864 bits per heavy atom. The number of sulfone groups is 1. The Kier molecular flexibility index (Phi) is 3.62. The maximum Gasteiger partial charge on any atom is 0.222 e. The van der Waals surface area contributed by atoms with Crippen LogP contribution in [0.25, 0.3) is 11.1 Å². The maximum atomic E-state index is 12.8. The molecule has 0 aliphatic heterocycles. The number of benzene rings is 2. The molecule has 0 amide bonds. The number of aryl methyl sites for hydroxylation is 1. The van der Waals surface area contributed by atoms with Gasteiger partial charge in [0.2, 0.25) is 9.84 Å². The fourth-order valence-corrected chi connectivity index (χ4v) is 3.97. The van der Waals surface area contributed by atoms with E-state index in [0.717, 1.165) is 22.3 Å². The minimum absolute atomic E-state index is 0.259. The van der Waals surface area contributed by atoms with Crippen molar-refractivity contribution in [3.05, 3.63) is 71.9 Å². The van der Waals surface area contributed by atoms with E-state index in [9.17, 15) is 8.42 Å². The van der Waals surface area contributed by atoms with E-state index < -0.39 is 9.84 Å². The standard InChI is InChI=1S/C18H17NO2S/c1-13-8-10-16(11-9-13)22(20,21)18-14(2)17(12-19-18)15-6-4-3-5-7-15/h3-12,19H,1-2H3. The zero-order valence-electron chi connectivity index (χ0n) is 12.5. The SMILES string of the molecule is Cc1ccc(S(=O)(=O)c2[nH]cc(-c3ccccc3)c2C)cc1. The first-order valence-corrected chi connectivity index (χ1v) is 8.53. The van der Waals surface area contributed by atoms with Crippen molar-refractivity contribution < 1.29 is 8.42 Å². The largest absolute Gasteiger partial charge is 0.351 e. The van der Waals surface area contributed by atoms with Gasteiger partial charge in [-0.2, -0.15) is 0 Å². The summed E-state index contributed by atoms with van der Waals surface area (Å²) in [4.78, 5) is 3.25. The topological polar surface area (TPSA) is 49.9 Å². The van der Waals surface area contributed by atoms with Crippen molar-refractivity contribution in [2.45, 2.75) is 23.8 Å². The van der Waals surface area contributed by atoms with Gasteiger partial charge in [0.25, 0.3) is 0 Å². The highest BCUT2D eigenvalue weighted by Crippen LogP contribution is 2.30. The van der Waals surface area contributed by atoms with Gasteiger partial charge in [-0.1, -0.05) is 48.0 Å². The number of hydrogen-bond acceptors (Lipinski definition) is 2. The zero-order chi connectivity index (χ0) is 15.7. The fraction of sp³-hybridized carbons (Fsp3) is 0.111. The Morgan fingerprint density at radius 3 is 2.14 bits per heavy atom. The molecular formula is C18H17NO2S. The molecule has 22 heavy (non-hydrogen) atoms. The van der Waals surface area contributed by atoms with E-state index in [1.807, 2.05) is 56.3 Å². The Hall–Kier alpha value is -2.33. The van der Waals surface area contributed by atoms with Crippen LogP contribution in [0.4, 0.5) is 0 Å². The van der Waals surface area contributed by atoms with Gasteiger partial charge in [0.05, 0.1) is 4.90 Å². The lowest BCUT2D eigenvalue weighted by Crippen LogP contribution is -2.04. The average molecular weight is 311 g/mol. The van der Waals surface area contributed by atoms with E-state index >= 15 is 0 Å². The Balaban J connectivity index is 2.10. The maximum absolute atomic E-state index is 12.8. The van der Waals surface area contributed by atoms with Crippen molar-refractivity contribution in [3.63, 3.8) is 0 Å². The number of H-pyrrole nitrogens is 1. The molecule has 0 aliphatic rings. The second-order valence-electron chi connectivity index (χ2n) is 5.34. The number of aromatic amines is 1. The normalized spacial score (nSPS) is 11.5. The minimum Gasteiger partial charge on any atom is -0.351 e. The summed E-state index contributed by atoms with van der Waals surface area (Å²) >= 11 is 0. The smallest absolute Gasteiger partial charge is 0.222 e. The van der Waals surface area contributed by atoms with Gasteiger partial charge in [0, 0.05) is 11.8 Å². The van der Waals surface area contributed by atoms with Crippen LogP contribution in [0.5, 0.6) is 0 Å². The molecule has 1 aromatic heterocycles. The lowest BCUT2D eigenvalue weighted by Gasteiger charge is -2.05. The zero-order valence-corrected chi connectivity index (χ0v) is 13.3. The van der Waals surface area contributed by atoms with E-state index in [0.29, 0.717) is 4.90 Å². The summed E-state index contributed by atoms with van der Waals surface area (Å²) in [6.45, 7) is 3.77. The second kappa shape index (κ2) is 5.46.